The fourth-order valence-corrected chi connectivity index (χ4v) is 5.10. The molecule has 2 heterocycles. The monoisotopic (exact) mass is 467 g/mol. The van der Waals surface area contributed by atoms with Gasteiger partial charge in [0.15, 0.2) is 0 Å². The second-order valence-electron chi connectivity index (χ2n) is 8.97. The van der Waals surface area contributed by atoms with Crippen molar-refractivity contribution in [2.24, 2.45) is 7.05 Å². The van der Waals surface area contributed by atoms with E-state index < -0.39 is 0 Å². The number of amides is 2. The molecule has 0 fully saturated rings. The van der Waals surface area contributed by atoms with Crippen LogP contribution in [0.4, 0.5) is 0 Å². The van der Waals surface area contributed by atoms with Crippen LogP contribution in [0, 0.1) is 6.92 Å². The van der Waals surface area contributed by atoms with Crippen molar-refractivity contribution in [3.8, 4) is 5.75 Å². The summed E-state index contributed by atoms with van der Waals surface area (Å²) in [6.07, 6.45) is 0.749. The normalized spacial score (nSPS) is 14.9. The first-order chi connectivity index (χ1) is 17.0. The van der Waals surface area contributed by atoms with E-state index in [2.05, 4.69) is 24.4 Å². The van der Waals surface area contributed by atoms with Crippen LogP contribution in [0.2, 0.25) is 0 Å². The lowest BCUT2D eigenvalue weighted by Gasteiger charge is -2.26. The highest BCUT2D eigenvalue weighted by molar-refractivity contribution is 6.07. The number of aryl methyl sites for hydroxylation is 2. The number of hydrogen-bond acceptors (Lipinski definition) is 3. The molecule has 0 aliphatic carbocycles. The summed E-state index contributed by atoms with van der Waals surface area (Å²) in [4.78, 5) is 28.3. The molecule has 2 amide bonds. The van der Waals surface area contributed by atoms with Gasteiger partial charge in [0.25, 0.3) is 5.91 Å². The Morgan fingerprint density at radius 3 is 2.46 bits per heavy atom. The van der Waals surface area contributed by atoms with Gasteiger partial charge in [-0.25, -0.2) is 0 Å². The number of carbonyl (C=O) groups excluding carboxylic acids is 2. The molecule has 1 aliphatic rings. The topological polar surface area (TPSA) is 63.6 Å². The number of methoxy groups -OCH3 is 1. The maximum Gasteiger partial charge on any atom is 0.272 e. The molecule has 35 heavy (non-hydrogen) atoms. The van der Waals surface area contributed by atoms with E-state index in [9.17, 15) is 9.59 Å². The Bertz CT molecular complexity index is 1400. The minimum atomic E-state index is -0.350. The Morgan fingerprint density at radius 2 is 1.71 bits per heavy atom. The van der Waals surface area contributed by atoms with E-state index in [1.807, 2.05) is 72.3 Å². The number of benzene rings is 3. The molecule has 0 radical (unpaired) electrons. The Labute approximate surface area is 205 Å². The van der Waals surface area contributed by atoms with Crippen molar-refractivity contribution in [2.45, 2.75) is 19.4 Å². The zero-order valence-electron chi connectivity index (χ0n) is 20.2. The minimum Gasteiger partial charge on any atom is -0.497 e. The molecule has 0 saturated carbocycles. The SMILES string of the molecule is COc1ccc(C2c3c(n(C)c4ccccc34)C(=O)N2CC(=O)NCCc2ccccc2C)cc1. The van der Waals surface area contributed by atoms with E-state index >= 15 is 0 Å². The fourth-order valence-electron chi connectivity index (χ4n) is 5.10. The summed E-state index contributed by atoms with van der Waals surface area (Å²) in [5.74, 6) is 0.452. The van der Waals surface area contributed by atoms with Gasteiger partial charge < -0.3 is 19.5 Å². The molecule has 4 aromatic rings. The van der Waals surface area contributed by atoms with Crippen LogP contribution >= 0.6 is 0 Å². The van der Waals surface area contributed by atoms with E-state index in [1.165, 1.54) is 11.1 Å². The third kappa shape index (κ3) is 4.05. The Balaban J connectivity index is 1.43. The van der Waals surface area contributed by atoms with Gasteiger partial charge in [-0.05, 0) is 48.2 Å². The van der Waals surface area contributed by atoms with Crippen LogP contribution in [0.5, 0.6) is 5.75 Å². The minimum absolute atomic E-state index is 0.00763. The third-order valence-corrected chi connectivity index (χ3v) is 6.92. The number of carbonyl (C=O) groups is 2. The molecule has 178 valence electrons. The van der Waals surface area contributed by atoms with Gasteiger partial charge in [0.1, 0.15) is 18.0 Å². The van der Waals surface area contributed by atoms with Gasteiger partial charge in [0.05, 0.1) is 13.2 Å². The van der Waals surface area contributed by atoms with Crippen molar-refractivity contribution < 1.29 is 14.3 Å². The van der Waals surface area contributed by atoms with Gasteiger partial charge in [-0.15, -0.1) is 0 Å². The number of rotatable bonds is 7. The quantitative estimate of drug-likeness (QED) is 0.438. The van der Waals surface area contributed by atoms with Crippen LogP contribution in [-0.4, -0.2) is 41.5 Å². The van der Waals surface area contributed by atoms with Crippen molar-refractivity contribution in [3.05, 3.63) is 101 Å². The number of aromatic nitrogens is 1. The predicted octanol–water partition coefficient (Wildman–Crippen LogP) is 4.40. The summed E-state index contributed by atoms with van der Waals surface area (Å²) in [6.45, 7) is 2.59. The van der Waals surface area contributed by atoms with Gasteiger partial charge in [-0.1, -0.05) is 54.6 Å². The lowest BCUT2D eigenvalue weighted by Crippen LogP contribution is -2.40. The number of nitrogens with zero attached hydrogens (tertiary/aromatic N) is 2. The summed E-state index contributed by atoms with van der Waals surface area (Å²) in [7, 11) is 3.54. The highest BCUT2D eigenvalue weighted by Crippen LogP contribution is 2.43. The zero-order valence-corrected chi connectivity index (χ0v) is 20.2. The van der Waals surface area contributed by atoms with Crippen molar-refractivity contribution in [2.75, 3.05) is 20.2 Å². The molecule has 3 aromatic carbocycles. The lowest BCUT2D eigenvalue weighted by molar-refractivity contribution is -0.122. The van der Waals surface area contributed by atoms with Crippen LogP contribution < -0.4 is 10.1 Å². The van der Waals surface area contributed by atoms with Crippen molar-refractivity contribution in [1.29, 1.82) is 0 Å². The number of para-hydroxylation sites is 1. The summed E-state index contributed by atoms with van der Waals surface area (Å²) in [6, 6.07) is 23.6. The first-order valence-corrected chi connectivity index (χ1v) is 11.8. The Kier molecular flexibility index (Phi) is 6.03. The highest BCUT2D eigenvalue weighted by atomic mass is 16.5. The standard InChI is InChI=1S/C29H29N3O3/c1-19-8-4-5-9-20(19)16-17-30-25(33)18-32-27(21-12-14-22(35-3)15-13-21)26-23-10-6-7-11-24(23)31(2)28(26)29(32)34/h4-15,27H,16-18H2,1-3H3,(H,30,33). The van der Waals surface area contributed by atoms with Crippen LogP contribution in [-0.2, 0) is 18.3 Å². The number of hydrogen-bond donors (Lipinski definition) is 1. The van der Waals surface area contributed by atoms with Crippen LogP contribution in [0.3, 0.4) is 0 Å². The number of fused-ring (bicyclic) bond motifs is 3. The van der Waals surface area contributed by atoms with Crippen molar-refractivity contribution >= 4 is 22.7 Å². The smallest absolute Gasteiger partial charge is 0.272 e. The molecule has 1 unspecified atom stereocenters. The Morgan fingerprint density at radius 1 is 1.00 bits per heavy atom. The summed E-state index contributed by atoms with van der Waals surface area (Å²) in [5.41, 5.74) is 5.96. The zero-order chi connectivity index (χ0) is 24.5. The molecule has 6 heteroatoms. The van der Waals surface area contributed by atoms with E-state index in [1.54, 1.807) is 12.0 Å². The molecule has 0 spiro atoms. The largest absolute Gasteiger partial charge is 0.497 e. The van der Waals surface area contributed by atoms with Crippen LogP contribution in [0.1, 0.15) is 38.8 Å². The van der Waals surface area contributed by atoms with Crippen molar-refractivity contribution in [1.82, 2.24) is 14.8 Å². The second-order valence-corrected chi connectivity index (χ2v) is 8.97. The molecule has 5 rings (SSSR count). The number of ether oxygens (including phenoxy) is 1. The average Bonchev–Trinajstić information content (AvgIpc) is 3.32. The molecule has 1 aliphatic heterocycles. The van der Waals surface area contributed by atoms with Crippen molar-refractivity contribution in [3.63, 3.8) is 0 Å². The van der Waals surface area contributed by atoms with Gasteiger partial charge in [0, 0.05) is 30.1 Å². The summed E-state index contributed by atoms with van der Waals surface area (Å²) >= 11 is 0. The first kappa shape index (κ1) is 22.7. The first-order valence-electron chi connectivity index (χ1n) is 11.8. The number of nitrogens with one attached hydrogen (secondary N) is 1. The molecule has 1 N–H and O–H groups in total. The molecule has 1 atom stereocenters. The maximum absolute atomic E-state index is 13.7. The van der Waals surface area contributed by atoms with E-state index in [0.29, 0.717) is 12.2 Å². The molecule has 0 bridgehead atoms. The van der Waals surface area contributed by atoms with Gasteiger partial charge in [-0.3, -0.25) is 9.59 Å². The van der Waals surface area contributed by atoms with Gasteiger partial charge in [0.2, 0.25) is 5.91 Å². The summed E-state index contributed by atoms with van der Waals surface area (Å²) < 4.78 is 7.27. The maximum atomic E-state index is 13.7. The van der Waals surface area contributed by atoms with E-state index in [0.717, 1.165) is 34.2 Å². The second kappa shape index (κ2) is 9.29. The average molecular weight is 468 g/mol. The molecule has 0 saturated heterocycles. The van der Waals surface area contributed by atoms with Gasteiger partial charge in [-0.2, -0.15) is 0 Å². The van der Waals surface area contributed by atoms with E-state index in [-0.39, 0.29) is 24.4 Å². The van der Waals surface area contributed by atoms with Crippen LogP contribution in [0.15, 0.2) is 72.8 Å². The van der Waals surface area contributed by atoms with E-state index in [4.69, 9.17) is 4.74 Å². The molecular weight excluding hydrogens is 438 g/mol. The Hall–Kier alpha value is -4.06. The molecule has 6 nitrogen and oxygen atoms in total. The fraction of sp³-hybridized carbons (Fsp3) is 0.241. The van der Waals surface area contributed by atoms with Gasteiger partial charge >= 0.3 is 0 Å². The highest BCUT2D eigenvalue weighted by Gasteiger charge is 2.42. The third-order valence-electron chi connectivity index (χ3n) is 6.92. The molecule has 1 aromatic heterocycles. The molecular formula is C29H29N3O3. The lowest BCUT2D eigenvalue weighted by atomic mass is 9.98. The predicted molar refractivity (Wildman–Crippen MR) is 137 cm³/mol. The summed E-state index contributed by atoms with van der Waals surface area (Å²) in [5, 5.41) is 4.04. The van der Waals surface area contributed by atoms with Crippen LogP contribution in [0.25, 0.3) is 10.9 Å².